The molecule has 1 aromatic heterocycles. The standard InChI is InChI=1S/C13H22N4/c1-9-5-4-6-11(7-9)16-12-10(2)8-15-13(14-3)17-12/h8-9,11H,4-7H2,1-3H3,(H2,14,15,16,17). The minimum absolute atomic E-state index is 0.567. The molecule has 1 aromatic rings. The van der Waals surface area contributed by atoms with Crippen LogP contribution in [0.25, 0.3) is 0 Å². The normalized spacial score (nSPS) is 24.4. The average Bonchev–Trinajstić information content (AvgIpc) is 2.32. The van der Waals surface area contributed by atoms with Crippen LogP contribution in [0.15, 0.2) is 6.20 Å². The van der Waals surface area contributed by atoms with Crippen molar-refractivity contribution in [2.45, 2.75) is 45.6 Å². The molecule has 0 saturated heterocycles. The number of hydrogen-bond acceptors (Lipinski definition) is 4. The molecule has 0 radical (unpaired) electrons. The fraction of sp³-hybridized carbons (Fsp3) is 0.692. The van der Waals surface area contributed by atoms with Crippen LogP contribution < -0.4 is 10.6 Å². The lowest BCUT2D eigenvalue weighted by Crippen LogP contribution is -2.27. The highest BCUT2D eigenvalue weighted by atomic mass is 15.1. The summed E-state index contributed by atoms with van der Waals surface area (Å²) in [5.41, 5.74) is 1.11. The first-order valence-corrected chi connectivity index (χ1v) is 6.47. The first-order chi connectivity index (χ1) is 8.19. The van der Waals surface area contributed by atoms with Crippen molar-refractivity contribution in [3.63, 3.8) is 0 Å². The lowest BCUT2D eigenvalue weighted by atomic mass is 9.87. The van der Waals surface area contributed by atoms with Crippen molar-refractivity contribution in [2.24, 2.45) is 5.92 Å². The van der Waals surface area contributed by atoms with Gasteiger partial charge in [-0.05, 0) is 25.7 Å². The highest BCUT2D eigenvalue weighted by Gasteiger charge is 2.19. The van der Waals surface area contributed by atoms with Gasteiger partial charge in [-0.3, -0.25) is 0 Å². The summed E-state index contributed by atoms with van der Waals surface area (Å²) in [6, 6.07) is 0.567. The van der Waals surface area contributed by atoms with Crippen molar-refractivity contribution >= 4 is 11.8 Å². The molecule has 4 heteroatoms. The predicted octanol–water partition coefficient (Wildman–Crippen LogP) is 2.82. The van der Waals surface area contributed by atoms with E-state index in [2.05, 4.69) is 27.5 Å². The summed E-state index contributed by atoms with van der Waals surface area (Å²) in [4.78, 5) is 8.68. The van der Waals surface area contributed by atoms with E-state index in [0.717, 1.165) is 17.3 Å². The maximum absolute atomic E-state index is 4.48. The van der Waals surface area contributed by atoms with Crippen molar-refractivity contribution in [3.05, 3.63) is 11.8 Å². The van der Waals surface area contributed by atoms with Crippen LogP contribution >= 0.6 is 0 Å². The summed E-state index contributed by atoms with van der Waals surface area (Å²) in [5.74, 6) is 2.48. The summed E-state index contributed by atoms with van der Waals surface area (Å²) in [6.07, 6.45) is 7.05. The molecule has 1 heterocycles. The van der Waals surface area contributed by atoms with E-state index in [-0.39, 0.29) is 0 Å². The number of aryl methyl sites for hydroxylation is 1. The summed E-state index contributed by atoms with van der Waals surface area (Å²) in [5, 5.41) is 6.54. The minimum atomic E-state index is 0.567. The van der Waals surface area contributed by atoms with E-state index in [9.17, 15) is 0 Å². The van der Waals surface area contributed by atoms with E-state index < -0.39 is 0 Å². The summed E-state index contributed by atoms with van der Waals surface area (Å²) < 4.78 is 0. The molecule has 1 fully saturated rings. The third kappa shape index (κ3) is 3.08. The second kappa shape index (κ2) is 5.34. The van der Waals surface area contributed by atoms with E-state index in [1.165, 1.54) is 25.7 Å². The first-order valence-electron chi connectivity index (χ1n) is 6.47. The maximum Gasteiger partial charge on any atom is 0.224 e. The van der Waals surface area contributed by atoms with Gasteiger partial charge in [-0.25, -0.2) is 4.98 Å². The van der Waals surface area contributed by atoms with Crippen molar-refractivity contribution < 1.29 is 0 Å². The summed E-state index contributed by atoms with van der Waals surface area (Å²) in [7, 11) is 1.84. The number of rotatable bonds is 3. The monoisotopic (exact) mass is 234 g/mol. The third-order valence-electron chi connectivity index (χ3n) is 3.47. The minimum Gasteiger partial charge on any atom is -0.367 e. The molecular formula is C13H22N4. The van der Waals surface area contributed by atoms with Crippen molar-refractivity contribution in [1.82, 2.24) is 9.97 Å². The molecule has 2 rings (SSSR count). The molecule has 0 amide bonds. The van der Waals surface area contributed by atoms with Gasteiger partial charge in [-0.1, -0.05) is 19.8 Å². The van der Waals surface area contributed by atoms with Crippen LogP contribution in [0.4, 0.5) is 11.8 Å². The van der Waals surface area contributed by atoms with Gasteiger partial charge in [-0.2, -0.15) is 4.98 Å². The molecule has 4 nitrogen and oxygen atoms in total. The lowest BCUT2D eigenvalue weighted by molar-refractivity contribution is 0.358. The predicted molar refractivity (Wildman–Crippen MR) is 71.4 cm³/mol. The van der Waals surface area contributed by atoms with E-state index in [1.54, 1.807) is 0 Å². The van der Waals surface area contributed by atoms with Gasteiger partial charge in [0.2, 0.25) is 5.95 Å². The van der Waals surface area contributed by atoms with E-state index in [0.29, 0.717) is 12.0 Å². The second-order valence-corrected chi connectivity index (χ2v) is 5.09. The molecule has 0 bridgehead atoms. The Morgan fingerprint density at radius 1 is 1.35 bits per heavy atom. The van der Waals surface area contributed by atoms with E-state index in [1.807, 2.05) is 20.2 Å². The fourth-order valence-corrected chi connectivity index (χ4v) is 2.47. The highest BCUT2D eigenvalue weighted by Crippen LogP contribution is 2.26. The number of aromatic nitrogens is 2. The molecule has 2 atom stereocenters. The Kier molecular flexibility index (Phi) is 3.82. The van der Waals surface area contributed by atoms with Crippen LogP contribution in [-0.2, 0) is 0 Å². The van der Waals surface area contributed by atoms with Crippen LogP contribution in [0.1, 0.15) is 38.2 Å². The zero-order valence-electron chi connectivity index (χ0n) is 11.0. The molecular weight excluding hydrogens is 212 g/mol. The fourth-order valence-electron chi connectivity index (χ4n) is 2.47. The van der Waals surface area contributed by atoms with Crippen LogP contribution in [0.2, 0.25) is 0 Å². The molecule has 0 aliphatic heterocycles. The summed E-state index contributed by atoms with van der Waals surface area (Å²) in [6.45, 7) is 4.38. The van der Waals surface area contributed by atoms with Gasteiger partial charge in [-0.15, -0.1) is 0 Å². The van der Waals surface area contributed by atoms with Crippen LogP contribution in [0, 0.1) is 12.8 Å². The van der Waals surface area contributed by atoms with E-state index >= 15 is 0 Å². The number of hydrogen-bond donors (Lipinski definition) is 2. The van der Waals surface area contributed by atoms with Gasteiger partial charge >= 0.3 is 0 Å². The largest absolute Gasteiger partial charge is 0.367 e. The molecule has 0 aromatic carbocycles. The Balaban J connectivity index is 2.06. The Morgan fingerprint density at radius 2 is 2.18 bits per heavy atom. The van der Waals surface area contributed by atoms with Crippen molar-refractivity contribution in [1.29, 1.82) is 0 Å². The van der Waals surface area contributed by atoms with Gasteiger partial charge in [0.05, 0.1) is 0 Å². The zero-order valence-corrected chi connectivity index (χ0v) is 11.0. The lowest BCUT2D eigenvalue weighted by Gasteiger charge is -2.28. The molecule has 2 N–H and O–H groups in total. The maximum atomic E-state index is 4.48. The van der Waals surface area contributed by atoms with Crippen LogP contribution in [0.5, 0.6) is 0 Å². The molecule has 17 heavy (non-hydrogen) atoms. The Bertz CT molecular complexity index is 378. The molecule has 1 aliphatic carbocycles. The number of nitrogens with one attached hydrogen (secondary N) is 2. The van der Waals surface area contributed by atoms with Gasteiger partial charge in [0.1, 0.15) is 5.82 Å². The Hall–Kier alpha value is -1.32. The average molecular weight is 234 g/mol. The second-order valence-electron chi connectivity index (χ2n) is 5.09. The highest BCUT2D eigenvalue weighted by molar-refractivity contribution is 5.46. The Morgan fingerprint density at radius 3 is 2.88 bits per heavy atom. The number of anilines is 2. The SMILES string of the molecule is CNc1ncc(C)c(NC2CCCC(C)C2)n1. The first kappa shape index (κ1) is 12.1. The third-order valence-corrected chi connectivity index (χ3v) is 3.47. The van der Waals surface area contributed by atoms with Crippen molar-refractivity contribution in [2.75, 3.05) is 17.7 Å². The van der Waals surface area contributed by atoms with Gasteiger partial charge in [0.15, 0.2) is 0 Å². The van der Waals surface area contributed by atoms with Crippen LogP contribution in [0.3, 0.4) is 0 Å². The summed E-state index contributed by atoms with van der Waals surface area (Å²) >= 11 is 0. The quantitative estimate of drug-likeness (QED) is 0.844. The molecule has 1 saturated carbocycles. The van der Waals surface area contributed by atoms with Crippen molar-refractivity contribution in [3.8, 4) is 0 Å². The molecule has 94 valence electrons. The molecule has 0 spiro atoms. The van der Waals surface area contributed by atoms with Gasteiger partial charge in [0.25, 0.3) is 0 Å². The molecule has 2 unspecified atom stereocenters. The smallest absolute Gasteiger partial charge is 0.224 e. The molecule has 1 aliphatic rings. The number of nitrogens with zero attached hydrogens (tertiary/aromatic N) is 2. The van der Waals surface area contributed by atoms with Gasteiger partial charge < -0.3 is 10.6 Å². The topological polar surface area (TPSA) is 49.8 Å². The van der Waals surface area contributed by atoms with Gasteiger partial charge in [0, 0.05) is 24.8 Å². The van der Waals surface area contributed by atoms with E-state index in [4.69, 9.17) is 0 Å². The Labute approximate surface area is 103 Å². The zero-order chi connectivity index (χ0) is 12.3. The van der Waals surface area contributed by atoms with Crippen LogP contribution in [-0.4, -0.2) is 23.1 Å².